The van der Waals surface area contributed by atoms with Gasteiger partial charge in [-0.25, -0.2) is 4.98 Å². The fraction of sp³-hybridized carbons (Fsp3) is 0.529. The summed E-state index contributed by atoms with van der Waals surface area (Å²) in [4.78, 5) is 5.00. The third kappa shape index (κ3) is 1.71. The van der Waals surface area contributed by atoms with Crippen molar-refractivity contribution < 1.29 is 0 Å². The second kappa shape index (κ2) is 4.19. The number of rotatable bonds is 0. The maximum atomic E-state index is 8.75. The van der Waals surface area contributed by atoms with Crippen molar-refractivity contribution in [2.45, 2.75) is 44.1 Å². The highest BCUT2D eigenvalue weighted by atomic mass is 79.9. The minimum absolute atomic E-state index is 0.514. The largest absolute Gasteiger partial charge is 0.311 e. The molecule has 6 rings (SSSR count). The lowest BCUT2D eigenvalue weighted by Gasteiger charge is -2.37. The van der Waals surface area contributed by atoms with Crippen molar-refractivity contribution in [1.29, 1.82) is 5.41 Å². The summed E-state index contributed by atoms with van der Waals surface area (Å²) in [5.41, 5.74) is 1.66. The van der Waals surface area contributed by atoms with E-state index >= 15 is 0 Å². The predicted octanol–water partition coefficient (Wildman–Crippen LogP) is 4.13. The molecule has 2 atom stereocenters. The van der Waals surface area contributed by atoms with Crippen molar-refractivity contribution in [3.05, 3.63) is 34.0 Å². The number of nitrogens with zero attached hydrogens (tertiary/aromatic N) is 2. The Morgan fingerprint density at radius 1 is 1.10 bits per heavy atom. The molecule has 1 aromatic carbocycles. The molecule has 0 amide bonds. The van der Waals surface area contributed by atoms with Gasteiger partial charge < -0.3 is 4.57 Å². The van der Waals surface area contributed by atoms with Crippen molar-refractivity contribution in [3.8, 4) is 0 Å². The summed E-state index contributed by atoms with van der Waals surface area (Å²) < 4.78 is 3.32. The second-order valence-corrected chi connectivity index (χ2v) is 8.03. The maximum Gasteiger partial charge on any atom is 0.135 e. The summed E-state index contributed by atoms with van der Waals surface area (Å²) in [5, 5.41) is 9.73. The number of halogens is 1. The lowest BCUT2D eigenvalue weighted by molar-refractivity contribution is 0.150. The molecule has 2 aliphatic carbocycles. The van der Waals surface area contributed by atoms with Gasteiger partial charge in [-0.05, 0) is 62.1 Å². The van der Waals surface area contributed by atoms with Crippen LogP contribution in [0.5, 0.6) is 0 Å². The molecular formula is C17H18BrN3. The standard InChI is InChI=1S/C17H18BrN3/c18-12-1-2-15-14(8-12)16(19)21-13-6-9-3-10(7-13)5-11(4-9)17(21)20-15/h1-2,8-11,13,19H,3-7H2. The number of hydrogen-bond donors (Lipinski definition) is 1. The van der Waals surface area contributed by atoms with Crippen LogP contribution in [0.2, 0.25) is 0 Å². The van der Waals surface area contributed by atoms with Crippen LogP contribution in [0.15, 0.2) is 22.7 Å². The van der Waals surface area contributed by atoms with Crippen LogP contribution in [0.4, 0.5) is 0 Å². The zero-order valence-electron chi connectivity index (χ0n) is 11.8. The van der Waals surface area contributed by atoms with E-state index in [4.69, 9.17) is 10.4 Å². The van der Waals surface area contributed by atoms with E-state index in [0.29, 0.717) is 17.4 Å². The van der Waals surface area contributed by atoms with Gasteiger partial charge in [-0.3, -0.25) is 5.41 Å². The molecule has 4 heteroatoms. The fourth-order valence-electron chi connectivity index (χ4n) is 5.11. The van der Waals surface area contributed by atoms with Gasteiger partial charge in [-0.2, -0.15) is 0 Å². The first-order chi connectivity index (χ1) is 10.2. The zero-order valence-corrected chi connectivity index (χ0v) is 13.4. The molecule has 3 nitrogen and oxygen atoms in total. The van der Waals surface area contributed by atoms with Gasteiger partial charge in [0.15, 0.2) is 0 Å². The highest BCUT2D eigenvalue weighted by molar-refractivity contribution is 9.10. The number of hydrogen-bond acceptors (Lipinski definition) is 2. The van der Waals surface area contributed by atoms with Crippen molar-refractivity contribution in [1.82, 2.24) is 9.55 Å². The Kier molecular flexibility index (Phi) is 2.47. The van der Waals surface area contributed by atoms with Crippen LogP contribution in [0.3, 0.4) is 0 Å². The lowest BCUT2D eigenvalue weighted by atomic mass is 9.68. The summed E-state index contributed by atoms with van der Waals surface area (Å²) in [6, 6.07) is 6.65. The second-order valence-electron chi connectivity index (χ2n) is 7.11. The summed E-state index contributed by atoms with van der Waals surface area (Å²) in [6.07, 6.45) is 6.53. The van der Waals surface area contributed by atoms with E-state index in [2.05, 4.69) is 20.5 Å². The number of nitrogens with one attached hydrogen (secondary N) is 1. The minimum atomic E-state index is 0.514. The Labute approximate surface area is 132 Å². The highest BCUT2D eigenvalue weighted by Gasteiger charge is 2.43. The Hall–Kier alpha value is -1.16. The predicted molar refractivity (Wildman–Crippen MR) is 85.1 cm³/mol. The fourth-order valence-corrected chi connectivity index (χ4v) is 5.47. The lowest BCUT2D eigenvalue weighted by Crippen LogP contribution is -2.31. The number of benzene rings is 1. The van der Waals surface area contributed by atoms with Crippen LogP contribution in [0, 0.1) is 17.2 Å². The van der Waals surface area contributed by atoms with Crippen molar-refractivity contribution in [2.24, 2.45) is 11.8 Å². The Bertz CT molecular complexity index is 796. The molecule has 108 valence electrons. The van der Waals surface area contributed by atoms with Gasteiger partial charge in [0.1, 0.15) is 11.3 Å². The molecule has 0 saturated heterocycles. The van der Waals surface area contributed by atoms with Crippen LogP contribution < -0.4 is 5.49 Å². The first kappa shape index (κ1) is 12.4. The monoisotopic (exact) mass is 343 g/mol. The summed E-state index contributed by atoms with van der Waals surface area (Å²) >= 11 is 3.53. The molecule has 2 saturated carbocycles. The summed E-state index contributed by atoms with van der Waals surface area (Å²) in [6.45, 7) is 0. The Balaban J connectivity index is 1.85. The molecule has 3 heterocycles. The quantitative estimate of drug-likeness (QED) is 0.767. The summed E-state index contributed by atoms with van der Waals surface area (Å²) in [7, 11) is 0. The van der Waals surface area contributed by atoms with Crippen LogP contribution in [0.1, 0.15) is 49.9 Å². The summed E-state index contributed by atoms with van der Waals surface area (Å²) in [5.74, 6) is 3.51. The van der Waals surface area contributed by atoms with E-state index in [1.807, 2.05) is 18.2 Å². The van der Waals surface area contributed by atoms with E-state index in [0.717, 1.165) is 27.2 Å². The molecule has 2 aliphatic heterocycles. The van der Waals surface area contributed by atoms with E-state index in [1.165, 1.54) is 37.9 Å². The molecule has 1 N–H and O–H groups in total. The van der Waals surface area contributed by atoms with E-state index in [1.54, 1.807) is 0 Å². The molecule has 2 fully saturated rings. The first-order valence-corrected chi connectivity index (χ1v) is 8.74. The molecule has 21 heavy (non-hydrogen) atoms. The molecule has 4 bridgehead atoms. The van der Waals surface area contributed by atoms with Crippen molar-refractivity contribution >= 4 is 26.8 Å². The first-order valence-electron chi connectivity index (χ1n) is 7.95. The molecule has 2 aromatic rings. The average Bonchev–Trinajstić information content (AvgIpc) is 2.62. The zero-order chi connectivity index (χ0) is 14.1. The smallest absolute Gasteiger partial charge is 0.135 e. The molecule has 2 unspecified atom stereocenters. The van der Waals surface area contributed by atoms with Gasteiger partial charge >= 0.3 is 0 Å². The maximum absolute atomic E-state index is 8.75. The van der Waals surface area contributed by atoms with Crippen molar-refractivity contribution in [2.75, 3.05) is 0 Å². The van der Waals surface area contributed by atoms with Gasteiger partial charge in [0.2, 0.25) is 0 Å². The molecular weight excluding hydrogens is 326 g/mol. The van der Waals surface area contributed by atoms with Crippen molar-refractivity contribution in [3.63, 3.8) is 0 Å². The van der Waals surface area contributed by atoms with Gasteiger partial charge in [0, 0.05) is 21.8 Å². The average molecular weight is 344 g/mol. The topological polar surface area (TPSA) is 41.7 Å². The minimum Gasteiger partial charge on any atom is -0.311 e. The van der Waals surface area contributed by atoms with Crippen LogP contribution >= 0.6 is 15.9 Å². The van der Waals surface area contributed by atoms with Gasteiger partial charge in [0.05, 0.1) is 5.52 Å². The van der Waals surface area contributed by atoms with Gasteiger partial charge in [-0.1, -0.05) is 15.9 Å². The normalized spacial score (nSPS) is 33.2. The van der Waals surface area contributed by atoms with Gasteiger partial charge in [0.25, 0.3) is 0 Å². The van der Waals surface area contributed by atoms with Crippen LogP contribution in [-0.4, -0.2) is 9.55 Å². The Morgan fingerprint density at radius 3 is 2.62 bits per heavy atom. The molecule has 0 radical (unpaired) electrons. The van der Waals surface area contributed by atoms with E-state index < -0.39 is 0 Å². The van der Waals surface area contributed by atoms with Crippen LogP contribution in [0.25, 0.3) is 10.9 Å². The SMILES string of the molecule is N=c1c2cc(Br)ccc2nc2n1C1CC3CC(CC2C3)C1. The molecule has 1 aromatic heterocycles. The van der Waals surface area contributed by atoms with Crippen LogP contribution in [-0.2, 0) is 0 Å². The van der Waals surface area contributed by atoms with E-state index in [9.17, 15) is 0 Å². The molecule has 4 aliphatic rings. The number of fused-ring (bicyclic) bond motifs is 1. The van der Waals surface area contributed by atoms with Gasteiger partial charge in [-0.15, -0.1) is 0 Å². The Morgan fingerprint density at radius 2 is 1.86 bits per heavy atom. The third-order valence-electron chi connectivity index (χ3n) is 5.78. The van der Waals surface area contributed by atoms with E-state index in [-0.39, 0.29) is 0 Å². The molecule has 0 spiro atoms. The highest BCUT2D eigenvalue weighted by Crippen LogP contribution is 2.52. The third-order valence-corrected chi connectivity index (χ3v) is 6.27. The number of aromatic nitrogens is 2.